The van der Waals surface area contributed by atoms with Crippen molar-refractivity contribution in [2.24, 2.45) is 7.05 Å². The second kappa shape index (κ2) is 4.93. The van der Waals surface area contributed by atoms with Crippen LogP contribution in [0.15, 0.2) is 60.8 Å². The van der Waals surface area contributed by atoms with Crippen LogP contribution in [-0.4, -0.2) is 4.57 Å². The fourth-order valence-electron chi connectivity index (χ4n) is 2.36. The number of aryl methyl sites for hydroxylation is 1. The lowest BCUT2D eigenvalue weighted by molar-refractivity contribution is 0.627. The lowest BCUT2D eigenvalue weighted by Gasteiger charge is -2.08. The van der Waals surface area contributed by atoms with Crippen LogP contribution in [0.4, 0.5) is 8.78 Å². The Balaban J connectivity index is 2.14. The van der Waals surface area contributed by atoms with Crippen molar-refractivity contribution >= 4 is 0 Å². The quantitative estimate of drug-likeness (QED) is 0.639. The third-order valence-corrected chi connectivity index (χ3v) is 3.35. The molecule has 0 amide bonds. The minimum Gasteiger partial charge on any atom is -0.350 e. The second-order valence-electron chi connectivity index (χ2n) is 4.70. The number of halogens is 2. The molecule has 20 heavy (non-hydrogen) atoms. The van der Waals surface area contributed by atoms with Crippen LogP contribution < -0.4 is 0 Å². The van der Waals surface area contributed by atoms with Crippen LogP contribution >= 0.6 is 0 Å². The van der Waals surface area contributed by atoms with E-state index in [-0.39, 0.29) is 11.6 Å². The molecule has 100 valence electrons. The SMILES string of the molecule is Cn1ccc(-c2ccc(F)cc2)c1-c1ccc(F)cc1. The molecule has 0 aliphatic heterocycles. The van der Waals surface area contributed by atoms with Gasteiger partial charge < -0.3 is 4.57 Å². The minimum atomic E-state index is -0.258. The van der Waals surface area contributed by atoms with Crippen molar-refractivity contribution in [1.82, 2.24) is 4.57 Å². The Bertz CT molecular complexity index is 725. The molecule has 0 saturated carbocycles. The molecule has 1 aromatic heterocycles. The first kappa shape index (κ1) is 12.6. The fourth-order valence-corrected chi connectivity index (χ4v) is 2.36. The highest BCUT2D eigenvalue weighted by Gasteiger charge is 2.11. The van der Waals surface area contributed by atoms with Crippen molar-refractivity contribution in [2.45, 2.75) is 0 Å². The van der Waals surface area contributed by atoms with Crippen LogP contribution in [0, 0.1) is 11.6 Å². The van der Waals surface area contributed by atoms with Gasteiger partial charge in [-0.2, -0.15) is 0 Å². The summed E-state index contributed by atoms with van der Waals surface area (Å²) >= 11 is 0. The predicted molar refractivity (Wildman–Crippen MR) is 76.2 cm³/mol. The van der Waals surface area contributed by atoms with Crippen molar-refractivity contribution < 1.29 is 8.78 Å². The highest BCUT2D eigenvalue weighted by molar-refractivity contribution is 5.81. The van der Waals surface area contributed by atoms with E-state index in [1.807, 2.05) is 23.9 Å². The molecule has 1 heterocycles. The van der Waals surface area contributed by atoms with Crippen LogP contribution in [0.25, 0.3) is 22.4 Å². The summed E-state index contributed by atoms with van der Waals surface area (Å²) in [4.78, 5) is 0. The van der Waals surface area contributed by atoms with Crippen LogP contribution in [0.1, 0.15) is 0 Å². The van der Waals surface area contributed by atoms with Gasteiger partial charge in [-0.25, -0.2) is 8.78 Å². The number of rotatable bonds is 2. The lowest BCUT2D eigenvalue weighted by atomic mass is 10.0. The summed E-state index contributed by atoms with van der Waals surface area (Å²) < 4.78 is 28.1. The van der Waals surface area contributed by atoms with Gasteiger partial charge in [-0.1, -0.05) is 12.1 Å². The average Bonchev–Trinajstić information content (AvgIpc) is 2.83. The summed E-state index contributed by atoms with van der Waals surface area (Å²) in [5.41, 5.74) is 3.85. The summed E-state index contributed by atoms with van der Waals surface area (Å²) in [7, 11) is 1.94. The summed E-state index contributed by atoms with van der Waals surface area (Å²) in [5.74, 6) is -0.515. The number of benzene rings is 2. The van der Waals surface area contributed by atoms with E-state index in [1.165, 1.54) is 24.3 Å². The topological polar surface area (TPSA) is 4.93 Å². The maximum Gasteiger partial charge on any atom is 0.123 e. The van der Waals surface area contributed by atoms with Crippen LogP contribution in [0.3, 0.4) is 0 Å². The Morgan fingerprint density at radius 1 is 0.700 bits per heavy atom. The van der Waals surface area contributed by atoms with Gasteiger partial charge in [0.2, 0.25) is 0 Å². The Morgan fingerprint density at radius 2 is 1.20 bits per heavy atom. The number of nitrogens with zero attached hydrogens (tertiary/aromatic N) is 1. The highest BCUT2D eigenvalue weighted by Crippen LogP contribution is 2.32. The largest absolute Gasteiger partial charge is 0.350 e. The molecule has 1 nitrogen and oxygen atoms in total. The van der Waals surface area contributed by atoms with Gasteiger partial charge >= 0.3 is 0 Å². The molecular formula is C17H13F2N. The minimum absolute atomic E-state index is 0.256. The summed E-state index contributed by atoms with van der Waals surface area (Å²) in [5, 5.41) is 0. The van der Waals surface area contributed by atoms with E-state index in [0.29, 0.717) is 0 Å². The predicted octanol–water partition coefficient (Wildman–Crippen LogP) is 4.64. The first-order valence-electron chi connectivity index (χ1n) is 6.32. The van der Waals surface area contributed by atoms with Crippen molar-refractivity contribution in [3.05, 3.63) is 72.4 Å². The number of hydrogen-bond donors (Lipinski definition) is 0. The molecule has 3 rings (SSSR count). The smallest absolute Gasteiger partial charge is 0.123 e. The third-order valence-electron chi connectivity index (χ3n) is 3.35. The molecule has 0 aliphatic rings. The Kier molecular flexibility index (Phi) is 3.11. The molecule has 0 radical (unpaired) electrons. The van der Waals surface area contributed by atoms with E-state index in [2.05, 4.69) is 0 Å². The maximum atomic E-state index is 13.0. The van der Waals surface area contributed by atoms with Crippen molar-refractivity contribution in [1.29, 1.82) is 0 Å². The Labute approximate surface area is 116 Å². The van der Waals surface area contributed by atoms with Gasteiger partial charge in [-0.3, -0.25) is 0 Å². The van der Waals surface area contributed by atoms with Crippen LogP contribution in [-0.2, 0) is 7.05 Å². The van der Waals surface area contributed by atoms with Crippen molar-refractivity contribution in [3.8, 4) is 22.4 Å². The van der Waals surface area contributed by atoms with Crippen molar-refractivity contribution in [3.63, 3.8) is 0 Å². The van der Waals surface area contributed by atoms with E-state index in [1.54, 1.807) is 24.3 Å². The molecule has 0 N–H and O–H groups in total. The van der Waals surface area contributed by atoms with Gasteiger partial charge in [0.1, 0.15) is 11.6 Å². The highest BCUT2D eigenvalue weighted by atomic mass is 19.1. The first-order chi connectivity index (χ1) is 9.65. The fraction of sp³-hybridized carbons (Fsp3) is 0.0588. The van der Waals surface area contributed by atoms with Gasteiger partial charge in [0, 0.05) is 18.8 Å². The molecule has 0 bridgehead atoms. The zero-order valence-corrected chi connectivity index (χ0v) is 11.0. The van der Waals surface area contributed by atoms with Crippen LogP contribution in [0.5, 0.6) is 0 Å². The molecule has 2 aromatic carbocycles. The normalized spacial score (nSPS) is 10.8. The molecule has 0 atom stereocenters. The summed E-state index contributed by atoms with van der Waals surface area (Å²) in [6.07, 6.45) is 1.94. The zero-order valence-electron chi connectivity index (χ0n) is 11.0. The van der Waals surface area contributed by atoms with E-state index in [4.69, 9.17) is 0 Å². The van der Waals surface area contributed by atoms with E-state index in [9.17, 15) is 8.78 Å². The second-order valence-corrected chi connectivity index (χ2v) is 4.70. The molecule has 3 aromatic rings. The first-order valence-corrected chi connectivity index (χ1v) is 6.32. The standard InChI is InChI=1S/C17H13F2N/c1-20-11-10-16(12-2-6-14(18)7-3-12)17(20)13-4-8-15(19)9-5-13/h2-11H,1H3. The summed E-state index contributed by atoms with van der Waals surface area (Å²) in [6, 6.07) is 14.7. The van der Waals surface area contributed by atoms with Crippen LogP contribution in [0.2, 0.25) is 0 Å². The van der Waals surface area contributed by atoms with E-state index < -0.39 is 0 Å². The maximum absolute atomic E-state index is 13.0. The van der Waals surface area contributed by atoms with Crippen molar-refractivity contribution in [2.75, 3.05) is 0 Å². The van der Waals surface area contributed by atoms with Gasteiger partial charge in [-0.05, 0) is 53.6 Å². The van der Waals surface area contributed by atoms with Gasteiger partial charge in [0.05, 0.1) is 5.69 Å². The van der Waals surface area contributed by atoms with E-state index >= 15 is 0 Å². The number of hydrogen-bond acceptors (Lipinski definition) is 0. The molecule has 0 saturated heterocycles. The average molecular weight is 269 g/mol. The van der Waals surface area contributed by atoms with Gasteiger partial charge in [0.15, 0.2) is 0 Å². The molecule has 0 fully saturated rings. The monoisotopic (exact) mass is 269 g/mol. The molecule has 3 heteroatoms. The van der Waals surface area contributed by atoms with Gasteiger partial charge in [-0.15, -0.1) is 0 Å². The third kappa shape index (κ3) is 2.23. The zero-order chi connectivity index (χ0) is 14.1. The molecular weight excluding hydrogens is 256 g/mol. The Morgan fingerprint density at radius 3 is 1.75 bits per heavy atom. The summed E-state index contributed by atoms with van der Waals surface area (Å²) in [6.45, 7) is 0. The molecule has 0 spiro atoms. The Hall–Kier alpha value is -2.42. The lowest BCUT2D eigenvalue weighted by Crippen LogP contribution is -1.92. The number of aromatic nitrogens is 1. The molecule has 0 unspecified atom stereocenters. The molecule has 0 aliphatic carbocycles. The van der Waals surface area contributed by atoms with E-state index in [0.717, 1.165) is 22.4 Å². The van der Waals surface area contributed by atoms with Gasteiger partial charge in [0.25, 0.3) is 0 Å².